The number of para-hydroxylation sites is 1. The van der Waals surface area contributed by atoms with Crippen molar-refractivity contribution in [3.05, 3.63) is 65.0 Å². The van der Waals surface area contributed by atoms with E-state index in [4.69, 9.17) is 0 Å². The van der Waals surface area contributed by atoms with Gasteiger partial charge in [-0.1, -0.05) is 24.3 Å². The Morgan fingerprint density at radius 3 is 2.62 bits per heavy atom. The number of benzene rings is 1. The van der Waals surface area contributed by atoms with Crippen molar-refractivity contribution in [2.75, 3.05) is 5.32 Å². The van der Waals surface area contributed by atoms with Crippen LogP contribution in [0.3, 0.4) is 0 Å². The molecule has 2 aromatic rings. The monoisotopic (exact) mass is 229 g/mol. The Balaban J connectivity index is 1.93. The van der Waals surface area contributed by atoms with E-state index in [1.54, 1.807) is 12.3 Å². The molecule has 2 nitrogen and oxygen atoms in total. The molecule has 1 heterocycles. The molecule has 0 aliphatic carbocycles. The lowest BCUT2D eigenvalue weighted by molar-refractivity contribution is 0.105. The lowest BCUT2D eigenvalue weighted by Crippen LogP contribution is -1.92. The first-order valence-corrected chi connectivity index (χ1v) is 5.80. The van der Waals surface area contributed by atoms with E-state index < -0.39 is 0 Å². The minimum absolute atomic E-state index is 0.0263. The van der Waals surface area contributed by atoms with Crippen molar-refractivity contribution in [2.45, 2.75) is 0 Å². The van der Waals surface area contributed by atoms with Gasteiger partial charge in [0, 0.05) is 18.0 Å². The van der Waals surface area contributed by atoms with Crippen LogP contribution in [0.4, 0.5) is 5.69 Å². The predicted octanol–water partition coefficient (Wildman–Crippen LogP) is 3.56. The molecule has 0 saturated carbocycles. The number of nitrogens with one attached hydrogen (secondary N) is 1. The molecule has 3 heteroatoms. The molecule has 0 radical (unpaired) electrons. The van der Waals surface area contributed by atoms with E-state index in [1.165, 1.54) is 11.3 Å². The number of carbonyl (C=O) groups excluding carboxylic acids is 1. The van der Waals surface area contributed by atoms with Crippen LogP contribution in [0.1, 0.15) is 9.67 Å². The maximum absolute atomic E-state index is 11.6. The first-order chi connectivity index (χ1) is 7.86. The average molecular weight is 229 g/mol. The number of hydrogen-bond acceptors (Lipinski definition) is 3. The predicted molar refractivity (Wildman–Crippen MR) is 67.9 cm³/mol. The zero-order valence-electron chi connectivity index (χ0n) is 8.59. The van der Waals surface area contributed by atoms with Gasteiger partial charge in [0.05, 0.1) is 4.88 Å². The van der Waals surface area contributed by atoms with Crippen molar-refractivity contribution < 1.29 is 4.79 Å². The molecule has 0 saturated heterocycles. The summed E-state index contributed by atoms with van der Waals surface area (Å²) in [7, 11) is 0. The van der Waals surface area contributed by atoms with Gasteiger partial charge in [-0.3, -0.25) is 4.79 Å². The standard InChI is InChI=1S/C13H11NOS/c15-12(13-7-4-10-16-13)8-9-14-11-5-2-1-3-6-11/h1-10,14H/b9-8+. The summed E-state index contributed by atoms with van der Waals surface area (Å²) in [6.07, 6.45) is 3.20. The third-order valence-corrected chi connectivity index (χ3v) is 2.91. The molecule has 0 aliphatic rings. The second kappa shape index (κ2) is 5.28. The molecular formula is C13H11NOS. The number of rotatable bonds is 4. The molecule has 0 amide bonds. The minimum Gasteiger partial charge on any atom is -0.362 e. The molecule has 0 atom stereocenters. The van der Waals surface area contributed by atoms with Gasteiger partial charge in [0.2, 0.25) is 0 Å². The number of thiophene rings is 1. The molecule has 80 valence electrons. The summed E-state index contributed by atoms with van der Waals surface area (Å²) >= 11 is 1.45. The summed E-state index contributed by atoms with van der Waals surface area (Å²) in [6.45, 7) is 0. The van der Waals surface area contributed by atoms with Gasteiger partial charge in [0.1, 0.15) is 0 Å². The van der Waals surface area contributed by atoms with Crippen LogP contribution < -0.4 is 5.32 Å². The van der Waals surface area contributed by atoms with Crippen LogP contribution in [0.5, 0.6) is 0 Å². The van der Waals surface area contributed by atoms with Gasteiger partial charge in [0.25, 0.3) is 0 Å². The minimum atomic E-state index is 0.0263. The zero-order valence-corrected chi connectivity index (χ0v) is 9.41. The van der Waals surface area contributed by atoms with E-state index in [1.807, 2.05) is 47.8 Å². The largest absolute Gasteiger partial charge is 0.362 e. The Morgan fingerprint density at radius 2 is 1.94 bits per heavy atom. The fourth-order valence-electron chi connectivity index (χ4n) is 1.25. The Morgan fingerprint density at radius 1 is 1.12 bits per heavy atom. The number of ketones is 1. The highest BCUT2D eigenvalue weighted by molar-refractivity contribution is 7.12. The van der Waals surface area contributed by atoms with Gasteiger partial charge in [-0.15, -0.1) is 11.3 Å². The SMILES string of the molecule is O=C(/C=C/Nc1ccccc1)c1cccs1. The number of carbonyl (C=O) groups is 1. The van der Waals surface area contributed by atoms with Gasteiger partial charge in [-0.2, -0.15) is 0 Å². The van der Waals surface area contributed by atoms with Crippen LogP contribution in [-0.2, 0) is 0 Å². The van der Waals surface area contributed by atoms with E-state index in [-0.39, 0.29) is 5.78 Å². The molecule has 16 heavy (non-hydrogen) atoms. The number of hydrogen-bond donors (Lipinski definition) is 1. The lowest BCUT2D eigenvalue weighted by atomic mass is 10.3. The van der Waals surface area contributed by atoms with Crippen LogP contribution in [0.25, 0.3) is 0 Å². The molecule has 2 rings (SSSR count). The number of allylic oxidation sites excluding steroid dienone is 1. The summed E-state index contributed by atoms with van der Waals surface area (Å²) < 4.78 is 0. The van der Waals surface area contributed by atoms with Crippen molar-refractivity contribution in [1.82, 2.24) is 0 Å². The molecule has 1 N–H and O–H groups in total. The number of anilines is 1. The summed E-state index contributed by atoms with van der Waals surface area (Å²) in [5.41, 5.74) is 0.970. The van der Waals surface area contributed by atoms with Crippen molar-refractivity contribution in [3.8, 4) is 0 Å². The molecular weight excluding hydrogens is 218 g/mol. The third kappa shape index (κ3) is 2.81. The van der Waals surface area contributed by atoms with Crippen LogP contribution in [-0.4, -0.2) is 5.78 Å². The second-order valence-electron chi connectivity index (χ2n) is 3.19. The molecule has 0 unspecified atom stereocenters. The van der Waals surface area contributed by atoms with Gasteiger partial charge >= 0.3 is 0 Å². The van der Waals surface area contributed by atoms with Crippen molar-refractivity contribution in [2.24, 2.45) is 0 Å². The fraction of sp³-hybridized carbons (Fsp3) is 0. The van der Waals surface area contributed by atoms with Gasteiger partial charge in [-0.05, 0) is 23.6 Å². The van der Waals surface area contributed by atoms with E-state index in [2.05, 4.69) is 5.32 Å². The highest BCUT2D eigenvalue weighted by Crippen LogP contribution is 2.10. The van der Waals surface area contributed by atoms with Crippen LogP contribution >= 0.6 is 11.3 Å². The van der Waals surface area contributed by atoms with Gasteiger partial charge < -0.3 is 5.32 Å². The highest BCUT2D eigenvalue weighted by Gasteiger charge is 2.00. The van der Waals surface area contributed by atoms with Crippen molar-refractivity contribution in [1.29, 1.82) is 0 Å². The molecule has 1 aromatic carbocycles. The van der Waals surface area contributed by atoms with E-state index in [0.717, 1.165) is 10.6 Å². The lowest BCUT2D eigenvalue weighted by Gasteiger charge is -1.97. The van der Waals surface area contributed by atoms with Gasteiger partial charge in [-0.25, -0.2) is 0 Å². The smallest absolute Gasteiger partial charge is 0.197 e. The summed E-state index contributed by atoms with van der Waals surface area (Å²) in [4.78, 5) is 12.3. The maximum atomic E-state index is 11.6. The van der Waals surface area contributed by atoms with Crippen molar-refractivity contribution in [3.63, 3.8) is 0 Å². The first-order valence-electron chi connectivity index (χ1n) is 4.92. The van der Waals surface area contributed by atoms with Crippen LogP contribution in [0.2, 0.25) is 0 Å². The van der Waals surface area contributed by atoms with E-state index in [9.17, 15) is 4.79 Å². The fourth-order valence-corrected chi connectivity index (χ4v) is 1.89. The van der Waals surface area contributed by atoms with Gasteiger partial charge in [0.15, 0.2) is 5.78 Å². The summed E-state index contributed by atoms with van der Waals surface area (Å²) in [5.74, 6) is 0.0263. The average Bonchev–Trinajstić information content (AvgIpc) is 2.84. The molecule has 0 spiro atoms. The Kier molecular flexibility index (Phi) is 3.51. The van der Waals surface area contributed by atoms with Crippen molar-refractivity contribution >= 4 is 22.8 Å². The van der Waals surface area contributed by atoms with Crippen LogP contribution in [0.15, 0.2) is 60.1 Å². The first kappa shape index (κ1) is 10.6. The highest BCUT2D eigenvalue weighted by atomic mass is 32.1. The molecule has 0 bridgehead atoms. The second-order valence-corrected chi connectivity index (χ2v) is 4.13. The maximum Gasteiger partial charge on any atom is 0.197 e. The summed E-state index contributed by atoms with van der Waals surface area (Å²) in [5, 5.41) is 4.94. The quantitative estimate of drug-likeness (QED) is 0.641. The Labute approximate surface area is 98.2 Å². The van der Waals surface area contributed by atoms with Crippen LogP contribution in [0, 0.1) is 0 Å². The molecule has 0 aliphatic heterocycles. The third-order valence-electron chi connectivity index (χ3n) is 2.02. The molecule has 1 aromatic heterocycles. The Bertz CT molecular complexity index is 474. The summed E-state index contributed by atoms with van der Waals surface area (Å²) in [6, 6.07) is 13.4. The normalized spacial score (nSPS) is 10.5. The molecule has 0 fully saturated rings. The van der Waals surface area contributed by atoms with E-state index >= 15 is 0 Å². The van der Waals surface area contributed by atoms with E-state index in [0.29, 0.717) is 0 Å². The topological polar surface area (TPSA) is 29.1 Å². The Hall–Kier alpha value is -1.87. The zero-order chi connectivity index (χ0) is 11.2.